The quantitative estimate of drug-likeness (QED) is 0.755. The lowest BCUT2D eigenvalue weighted by Crippen LogP contribution is -2.09. The molecule has 1 N–H and O–H groups in total. The molecule has 1 heterocycles. The van der Waals surface area contributed by atoms with Gasteiger partial charge in [0, 0.05) is 6.54 Å². The van der Waals surface area contributed by atoms with Crippen molar-refractivity contribution in [2.45, 2.75) is 38.8 Å². The van der Waals surface area contributed by atoms with Crippen molar-refractivity contribution >= 4 is 0 Å². The van der Waals surface area contributed by atoms with Crippen molar-refractivity contribution in [1.82, 2.24) is 14.8 Å². The molecular formula is C9H15N3O. The lowest BCUT2D eigenvalue weighted by molar-refractivity contribution is 0.261. The van der Waals surface area contributed by atoms with Crippen molar-refractivity contribution in [2.24, 2.45) is 5.92 Å². The van der Waals surface area contributed by atoms with Crippen LogP contribution < -0.4 is 0 Å². The predicted molar refractivity (Wildman–Crippen MR) is 47.9 cm³/mol. The van der Waals surface area contributed by atoms with Crippen molar-refractivity contribution < 1.29 is 5.11 Å². The number of aliphatic hydroxyl groups is 1. The fourth-order valence-electron chi connectivity index (χ4n) is 2.02. The van der Waals surface area contributed by atoms with Crippen molar-refractivity contribution in [3.8, 4) is 0 Å². The maximum Gasteiger partial charge on any atom is 0.158 e. The molecule has 4 nitrogen and oxygen atoms in total. The molecule has 0 atom stereocenters. The average Bonchev–Trinajstić information content (AvgIpc) is 2.76. The Morgan fingerprint density at radius 2 is 2.23 bits per heavy atom. The van der Waals surface area contributed by atoms with Gasteiger partial charge >= 0.3 is 0 Å². The summed E-state index contributed by atoms with van der Waals surface area (Å²) in [5, 5.41) is 16.6. The van der Waals surface area contributed by atoms with Crippen LogP contribution in [0.4, 0.5) is 0 Å². The van der Waals surface area contributed by atoms with Gasteiger partial charge in [0.05, 0.1) is 0 Å². The summed E-state index contributed by atoms with van der Waals surface area (Å²) in [5.74, 6) is 1.45. The zero-order chi connectivity index (χ0) is 9.10. The van der Waals surface area contributed by atoms with E-state index in [-0.39, 0.29) is 6.61 Å². The molecule has 0 bridgehead atoms. The fourth-order valence-corrected chi connectivity index (χ4v) is 2.02. The smallest absolute Gasteiger partial charge is 0.158 e. The SMILES string of the molecule is OCc1nncn1CC1CCCC1. The normalized spacial score (nSPS) is 18.2. The molecule has 1 fully saturated rings. The Morgan fingerprint density at radius 1 is 1.46 bits per heavy atom. The molecule has 0 spiro atoms. The fraction of sp³-hybridized carbons (Fsp3) is 0.778. The minimum atomic E-state index is -0.00722. The number of aromatic nitrogens is 3. The van der Waals surface area contributed by atoms with E-state index in [0.29, 0.717) is 5.82 Å². The first-order valence-corrected chi connectivity index (χ1v) is 4.87. The number of rotatable bonds is 3. The average molecular weight is 181 g/mol. The van der Waals surface area contributed by atoms with Gasteiger partial charge in [0.2, 0.25) is 0 Å². The Balaban J connectivity index is 1.99. The lowest BCUT2D eigenvalue weighted by Gasteiger charge is -2.10. The van der Waals surface area contributed by atoms with Gasteiger partial charge in [-0.25, -0.2) is 0 Å². The van der Waals surface area contributed by atoms with E-state index >= 15 is 0 Å². The highest BCUT2D eigenvalue weighted by molar-refractivity contribution is 4.84. The van der Waals surface area contributed by atoms with Gasteiger partial charge in [-0.2, -0.15) is 0 Å². The van der Waals surface area contributed by atoms with Crippen molar-refractivity contribution in [1.29, 1.82) is 0 Å². The minimum Gasteiger partial charge on any atom is -0.388 e. The first-order valence-electron chi connectivity index (χ1n) is 4.87. The summed E-state index contributed by atoms with van der Waals surface area (Å²) in [7, 11) is 0. The van der Waals surface area contributed by atoms with Crippen LogP contribution in [0.15, 0.2) is 6.33 Å². The monoisotopic (exact) mass is 181 g/mol. The van der Waals surface area contributed by atoms with Crippen LogP contribution in [0.3, 0.4) is 0 Å². The molecule has 0 saturated heterocycles. The van der Waals surface area contributed by atoms with E-state index in [9.17, 15) is 0 Å². The maximum absolute atomic E-state index is 8.96. The summed E-state index contributed by atoms with van der Waals surface area (Å²) in [6.45, 7) is 0.968. The minimum absolute atomic E-state index is 0.00722. The molecule has 0 amide bonds. The highest BCUT2D eigenvalue weighted by atomic mass is 16.3. The van der Waals surface area contributed by atoms with Gasteiger partial charge in [0.25, 0.3) is 0 Å². The van der Waals surface area contributed by atoms with Crippen LogP contribution >= 0.6 is 0 Å². The number of hydrogen-bond acceptors (Lipinski definition) is 3. The summed E-state index contributed by atoms with van der Waals surface area (Å²) in [5.41, 5.74) is 0. The first kappa shape index (κ1) is 8.69. The van der Waals surface area contributed by atoms with Gasteiger partial charge in [-0.05, 0) is 18.8 Å². The second kappa shape index (κ2) is 3.87. The molecule has 2 rings (SSSR count). The van der Waals surface area contributed by atoms with E-state index in [0.717, 1.165) is 12.5 Å². The summed E-state index contributed by atoms with van der Waals surface area (Å²) in [6.07, 6.45) is 7.03. The standard InChI is InChI=1S/C9H15N3O/c13-6-9-11-10-7-12(9)5-8-3-1-2-4-8/h7-8,13H,1-6H2. The third kappa shape index (κ3) is 1.88. The van der Waals surface area contributed by atoms with Crippen LogP contribution in [-0.2, 0) is 13.2 Å². The van der Waals surface area contributed by atoms with E-state index in [1.54, 1.807) is 6.33 Å². The topological polar surface area (TPSA) is 50.9 Å². The van der Waals surface area contributed by atoms with Crippen molar-refractivity contribution in [2.75, 3.05) is 0 Å². The maximum atomic E-state index is 8.96. The molecule has 72 valence electrons. The number of hydrogen-bond donors (Lipinski definition) is 1. The third-order valence-corrected chi connectivity index (χ3v) is 2.77. The van der Waals surface area contributed by atoms with Crippen LogP contribution in [0.25, 0.3) is 0 Å². The second-order valence-electron chi connectivity index (χ2n) is 3.71. The molecule has 13 heavy (non-hydrogen) atoms. The molecular weight excluding hydrogens is 166 g/mol. The molecule has 1 aliphatic rings. The molecule has 0 aliphatic heterocycles. The first-order chi connectivity index (χ1) is 6.40. The van der Waals surface area contributed by atoms with Crippen LogP contribution in [-0.4, -0.2) is 19.9 Å². The molecule has 0 aromatic carbocycles. The van der Waals surface area contributed by atoms with Crippen LogP contribution in [0.5, 0.6) is 0 Å². The van der Waals surface area contributed by atoms with Crippen LogP contribution in [0.2, 0.25) is 0 Å². The summed E-state index contributed by atoms with van der Waals surface area (Å²) >= 11 is 0. The molecule has 1 aromatic rings. The van der Waals surface area contributed by atoms with E-state index in [4.69, 9.17) is 5.11 Å². The van der Waals surface area contributed by atoms with E-state index < -0.39 is 0 Å². The molecule has 1 saturated carbocycles. The van der Waals surface area contributed by atoms with Gasteiger partial charge in [0.15, 0.2) is 5.82 Å². The van der Waals surface area contributed by atoms with Gasteiger partial charge in [-0.15, -0.1) is 10.2 Å². The van der Waals surface area contributed by atoms with Crippen molar-refractivity contribution in [3.63, 3.8) is 0 Å². The summed E-state index contributed by atoms with van der Waals surface area (Å²) in [6, 6.07) is 0. The Morgan fingerprint density at radius 3 is 2.92 bits per heavy atom. The Hall–Kier alpha value is -0.900. The van der Waals surface area contributed by atoms with Gasteiger partial charge in [-0.1, -0.05) is 12.8 Å². The molecule has 1 aromatic heterocycles. The van der Waals surface area contributed by atoms with E-state index in [1.165, 1.54) is 25.7 Å². The zero-order valence-corrected chi connectivity index (χ0v) is 7.69. The zero-order valence-electron chi connectivity index (χ0n) is 7.69. The predicted octanol–water partition coefficient (Wildman–Crippen LogP) is 0.961. The van der Waals surface area contributed by atoms with Crippen LogP contribution in [0, 0.1) is 5.92 Å². The van der Waals surface area contributed by atoms with E-state index in [1.807, 2.05) is 4.57 Å². The second-order valence-corrected chi connectivity index (χ2v) is 3.71. The summed E-state index contributed by atoms with van der Waals surface area (Å²) in [4.78, 5) is 0. The molecule has 1 aliphatic carbocycles. The van der Waals surface area contributed by atoms with Crippen molar-refractivity contribution in [3.05, 3.63) is 12.2 Å². The third-order valence-electron chi connectivity index (χ3n) is 2.77. The highest BCUT2D eigenvalue weighted by Gasteiger charge is 2.16. The van der Waals surface area contributed by atoms with Gasteiger partial charge in [-0.3, -0.25) is 0 Å². The van der Waals surface area contributed by atoms with Crippen LogP contribution in [0.1, 0.15) is 31.5 Å². The molecule has 4 heteroatoms. The Kier molecular flexibility index (Phi) is 2.59. The number of aliphatic hydroxyl groups excluding tert-OH is 1. The Labute approximate surface area is 77.6 Å². The van der Waals surface area contributed by atoms with Gasteiger partial charge < -0.3 is 9.67 Å². The summed E-state index contributed by atoms with van der Waals surface area (Å²) < 4.78 is 1.97. The van der Waals surface area contributed by atoms with E-state index in [2.05, 4.69) is 10.2 Å². The lowest BCUT2D eigenvalue weighted by atomic mass is 10.1. The highest BCUT2D eigenvalue weighted by Crippen LogP contribution is 2.26. The number of nitrogens with zero attached hydrogens (tertiary/aromatic N) is 3. The Bertz CT molecular complexity index is 266. The van der Waals surface area contributed by atoms with Gasteiger partial charge in [0.1, 0.15) is 12.9 Å². The molecule has 0 radical (unpaired) electrons. The molecule has 0 unspecified atom stereocenters. The largest absolute Gasteiger partial charge is 0.388 e.